The first-order valence-corrected chi connectivity index (χ1v) is 8.55. The van der Waals surface area contributed by atoms with Crippen LogP contribution in [0.4, 0.5) is 0 Å². The number of hydrogen-bond acceptors (Lipinski definition) is 0. The molecule has 0 bridgehead atoms. The highest BCUT2D eigenvalue weighted by atomic mass is 15.3. The third kappa shape index (κ3) is 4.60. The van der Waals surface area contributed by atoms with Crippen molar-refractivity contribution in [3.63, 3.8) is 0 Å². The predicted molar refractivity (Wildman–Crippen MR) is 85.4 cm³/mol. The first-order valence-electron chi connectivity index (χ1n) is 8.55. The molecule has 20 heavy (non-hydrogen) atoms. The molecule has 1 fully saturated rings. The maximum atomic E-state index is 2.35. The summed E-state index contributed by atoms with van der Waals surface area (Å²) in [6, 6.07) is 11.8. The maximum Gasteiger partial charge on any atom is 0.127 e. The number of rotatable bonds is 7. The van der Waals surface area contributed by atoms with E-state index in [2.05, 4.69) is 44.2 Å². The molecule has 1 heterocycles. The molecule has 0 aromatic heterocycles. The van der Waals surface area contributed by atoms with Crippen LogP contribution in [-0.2, 0) is 6.42 Å². The van der Waals surface area contributed by atoms with Gasteiger partial charge in [0.1, 0.15) is 26.2 Å². The van der Waals surface area contributed by atoms with Gasteiger partial charge in [-0.3, -0.25) is 0 Å². The number of hydrogen-bond donors (Lipinski definition) is 2. The van der Waals surface area contributed by atoms with Crippen LogP contribution < -0.4 is 9.80 Å². The average Bonchev–Trinajstić information content (AvgIpc) is 2.51. The minimum absolute atomic E-state index is 0.904. The van der Waals surface area contributed by atoms with Crippen molar-refractivity contribution in [2.75, 3.05) is 32.7 Å². The van der Waals surface area contributed by atoms with Gasteiger partial charge in [0.15, 0.2) is 0 Å². The first-order chi connectivity index (χ1) is 9.83. The van der Waals surface area contributed by atoms with Crippen molar-refractivity contribution >= 4 is 0 Å². The second-order valence-electron chi connectivity index (χ2n) is 6.26. The summed E-state index contributed by atoms with van der Waals surface area (Å²) in [5.41, 5.74) is 1.49. The van der Waals surface area contributed by atoms with Gasteiger partial charge in [-0.15, -0.1) is 0 Å². The van der Waals surface area contributed by atoms with E-state index in [0.29, 0.717) is 0 Å². The van der Waals surface area contributed by atoms with Crippen LogP contribution in [0.1, 0.15) is 38.7 Å². The quantitative estimate of drug-likeness (QED) is 0.721. The number of benzene rings is 1. The zero-order chi connectivity index (χ0) is 14.2. The van der Waals surface area contributed by atoms with Crippen molar-refractivity contribution in [1.29, 1.82) is 0 Å². The fourth-order valence-corrected chi connectivity index (χ4v) is 3.64. The van der Waals surface area contributed by atoms with Gasteiger partial charge in [-0.25, -0.2) is 0 Å². The number of nitrogens with one attached hydrogen (secondary N) is 2. The molecule has 1 saturated heterocycles. The van der Waals surface area contributed by atoms with Crippen molar-refractivity contribution in [2.45, 2.75) is 45.6 Å². The molecular weight excluding hydrogens is 244 g/mol. The zero-order valence-corrected chi connectivity index (χ0v) is 13.3. The Hall–Kier alpha value is -0.860. The average molecular weight is 276 g/mol. The summed E-state index contributed by atoms with van der Waals surface area (Å²) in [6.07, 6.45) is 5.26. The molecule has 1 aromatic carbocycles. The van der Waals surface area contributed by atoms with Crippen molar-refractivity contribution in [2.24, 2.45) is 0 Å². The topological polar surface area (TPSA) is 8.88 Å². The lowest BCUT2D eigenvalue weighted by Gasteiger charge is -2.34. The Morgan fingerprint density at radius 2 is 1.60 bits per heavy atom. The number of quaternary nitrogens is 2. The molecule has 1 aliphatic heterocycles. The minimum atomic E-state index is 0.904. The summed E-state index contributed by atoms with van der Waals surface area (Å²) < 4.78 is 0. The summed E-state index contributed by atoms with van der Waals surface area (Å²) in [6.45, 7) is 11.6. The molecule has 0 amide bonds. The molecular formula is C18H32N2+2. The highest BCUT2D eigenvalue weighted by Crippen LogP contribution is 2.00. The van der Waals surface area contributed by atoms with Crippen molar-refractivity contribution < 1.29 is 9.80 Å². The standard InChI is InChI=1S/C18H30N2/c1-3-18(4-2)20-15-13-19(14-16-20)12-8-11-17-9-6-5-7-10-17/h5-7,9-10,18H,3-4,8,11-16H2,1-2H3/p+2. The van der Waals surface area contributed by atoms with Crippen molar-refractivity contribution in [3.8, 4) is 0 Å². The van der Waals surface area contributed by atoms with E-state index in [-0.39, 0.29) is 0 Å². The van der Waals surface area contributed by atoms with Crippen LogP contribution in [0, 0.1) is 0 Å². The molecule has 2 N–H and O–H groups in total. The molecule has 2 heteroatoms. The van der Waals surface area contributed by atoms with Crippen LogP contribution in [-0.4, -0.2) is 38.8 Å². The lowest BCUT2D eigenvalue weighted by molar-refractivity contribution is -1.02. The summed E-state index contributed by atoms with van der Waals surface area (Å²) in [5.74, 6) is 0. The molecule has 0 saturated carbocycles. The number of piperazine rings is 1. The molecule has 112 valence electrons. The van der Waals surface area contributed by atoms with Gasteiger partial charge in [0, 0.05) is 6.42 Å². The van der Waals surface area contributed by atoms with Crippen LogP contribution in [0.15, 0.2) is 30.3 Å². The molecule has 0 unspecified atom stereocenters. The minimum Gasteiger partial charge on any atom is -0.326 e. The highest BCUT2D eigenvalue weighted by Gasteiger charge is 2.26. The van der Waals surface area contributed by atoms with Gasteiger partial charge >= 0.3 is 0 Å². The molecule has 0 aliphatic carbocycles. The van der Waals surface area contributed by atoms with E-state index < -0.39 is 0 Å². The van der Waals surface area contributed by atoms with Gasteiger partial charge in [0.2, 0.25) is 0 Å². The van der Waals surface area contributed by atoms with E-state index in [1.54, 1.807) is 0 Å². The number of aryl methyl sites for hydroxylation is 1. The molecule has 1 aromatic rings. The van der Waals surface area contributed by atoms with Crippen LogP contribution >= 0.6 is 0 Å². The molecule has 2 nitrogen and oxygen atoms in total. The van der Waals surface area contributed by atoms with Gasteiger partial charge < -0.3 is 9.80 Å². The Bertz CT molecular complexity index is 351. The Labute approximate surface area is 124 Å². The smallest absolute Gasteiger partial charge is 0.127 e. The van der Waals surface area contributed by atoms with Crippen molar-refractivity contribution in [1.82, 2.24) is 0 Å². The SMILES string of the molecule is CCC(CC)[NH+]1CC[NH+](CCCc2ccccc2)CC1. The monoisotopic (exact) mass is 276 g/mol. The normalized spacial score (nSPS) is 23.1. The predicted octanol–water partition coefficient (Wildman–Crippen LogP) is 0.591. The lowest BCUT2D eigenvalue weighted by Crippen LogP contribution is -3.29. The molecule has 0 spiro atoms. The van der Waals surface area contributed by atoms with Crippen LogP contribution in [0.5, 0.6) is 0 Å². The third-order valence-corrected chi connectivity index (χ3v) is 5.00. The van der Waals surface area contributed by atoms with Gasteiger partial charge in [-0.2, -0.15) is 0 Å². The maximum absolute atomic E-state index is 2.35. The van der Waals surface area contributed by atoms with Gasteiger partial charge in [0.05, 0.1) is 12.6 Å². The van der Waals surface area contributed by atoms with E-state index in [1.807, 2.05) is 9.80 Å². The summed E-state index contributed by atoms with van der Waals surface area (Å²) in [4.78, 5) is 3.69. The van der Waals surface area contributed by atoms with Gasteiger partial charge in [-0.05, 0) is 24.8 Å². The van der Waals surface area contributed by atoms with Gasteiger partial charge in [0.25, 0.3) is 0 Å². The van der Waals surface area contributed by atoms with E-state index in [1.165, 1.54) is 64.0 Å². The molecule has 0 radical (unpaired) electrons. The molecule has 1 aliphatic rings. The van der Waals surface area contributed by atoms with Gasteiger partial charge in [-0.1, -0.05) is 44.2 Å². The fourth-order valence-electron chi connectivity index (χ4n) is 3.64. The Morgan fingerprint density at radius 3 is 2.20 bits per heavy atom. The Morgan fingerprint density at radius 1 is 0.950 bits per heavy atom. The van der Waals surface area contributed by atoms with Crippen molar-refractivity contribution in [3.05, 3.63) is 35.9 Å². The van der Waals surface area contributed by atoms with Crippen LogP contribution in [0.3, 0.4) is 0 Å². The molecule has 2 rings (SSSR count). The van der Waals surface area contributed by atoms with Crippen LogP contribution in [0.25, 0.3) is 0 Å². The Kier molecular flexibility index (Phi) is 6.55. The summed E-state index contributed by atoms with van der Waals surface area (Å²) in [5, 5.41) is 0. The first kappa shape index (κ1) is 15.5. The summed E-state index contributed by atoms with van der Waals surface area (Å²) in [7, 11) is 0. The lowest BCUT2D eigenvalue weighted by atomic mass is 10.1. The third-order valence-electron chi connectivity index (χ3n) is 5.00. The summed E-state index contributed by atoms with van der Waals surface area (Å²) >= 11 is 0. The second kappa shape index (κ2) is 8.43. The van der Waals surface area contributed by atoms with E-state index >= 15 is 0 Å². The molecule has 0 atom stereocenters. The largest absolute Gasteiger partial charge is 0.326 e. The van der Waals surface area contributed by atoms with E-state index in [9.17, 15) is 0 Å². The fraction of sp³-hybridized carbons (Fsp3) is 0.667. The van der Waals surface area contributed by atoms with E-state index in [0.717, 1.165) is 6.04 Å². The second-order valence-corrected chi connectivity index (χ2v) is 6.26. The van der Waals surface area contributed by atoms with Crippen LogP contribution in [0.2, 0.25) is 0 Å². The highest BCUT2D eigenvalue weighted by molar-refractivity contribution is 5.14. The van der Waals surface area contributed by atoms with E-state index in [4.69, 9.17) is 0 Å². The Balaban J connectivity index is 1.65. The zero-order valence-electron chi connectivity index (χ0n) is 13.3.